The van der Waals surface area contributed by atoms with E-state index in [0.717, 1.165) is 15.7 Å². The van der Waals surface area contributed by atoms with Crippen LogP contribution >= 0.6 is 15.9 Å². The van der Waals surface area contributed by atoms with Crippen LogP contribution in [0.1, 0.15) is 12.5 Å². The molecule has 1 amide bonds. The smallest absolute Gasteiger partial charge is 0.306 e. The first-order valence-corrected chi connectivity index (χ1v) is 7.67. The van der Waals surface area contributed by atoms with Gasteiger partial charge in [0.2, 0.25) is 5.91 Å². The molecule has 1 atom stereocenters. The number of amides is 1. The maximum absolute atomic E-state index is 12.0. The number of nitrogens with zero attached hydrogens (tertiary/aromatic N) is 1. The van der Waals surface area contributed by atoms with Crippen LogP contribution in [0.25, 0.3) is 0 Å². The van der Waals surface area contributed by atoms with E-state index in [2.05, 4.69) is 21.2 Å². The lowest BCUT2D eigenvalue weighted by molar-refractivity contribution is -0.145. The number of benzene rings is 1. The van der Waals surface area contributed by atoms with Crippen molar-refractivity contribution in [3.8, 4) is 0 Å². The number of aryl methyl sites for hydroxylation is 1. The van der Waals surface area contributed by atoms with Gasteiger partial charge in [0.1, 0.15) is 0 Å². The van der Waals surface area contributed by atoms with E-state index in [1.54, 1.807) is 6.92 Å². The van der Waals surface area contributed by atoms with E-state index >= 15 is 0 Å². The molecule has 1 aliphatic rings. The van der Waals surface area contributed by atoms with Crippen LogP contribution in [-0.4, -0.2) is 41.5 Å². The van der Waals surface area contributed by atoms with E-state index in [1.807, 2.05) is 30.0 Å². The zero-order valence-corrected chi connectivity index (χ0v) is 13.7. The maximum Gasteiger partial charge on any atom is 0.306 e. The van der Waals surface area contributed by atoms with Gasteiger partial charge >= 0.3 is 5.97 Å². The third-order valence-electron chi connectivity index (χ3n) is 3.91. The number of carboxylic acid groups (broad SMARTS) is 1. The standard InChI is InChI=1S/C15H19BrN2O3/c1-9-5-12(16)3-4-13(9)17-14(19)8-18-6-11(7-18)10(2)15(20)21/h3-5,10-11H,6-8H2,1-2H3,(H,17,19)(H,20,21). The first-order chi connectivity index (χ1) is 9.86. The molecule has 0 aliphatic carbocycles. The van der Waals surface area contributed by atoms with Crippen molar-refractivity contribution in [3.63, 3.8) is 0 Å². The Hall–Kier alpha value is -1.40. The number of aliphatic carboxylic acids is 1. The second-order valence-corrected chi connectivity index (χ2v) is 6.50. The van der Waals surface area contributed by atoms with Gasteiger partial charge in [-0.2, -0.15) is 0 Å². The Kier molecular flexibility index (Phi) is 5.00. The van der Waals surface area contributed by atoms with E-state index in [4.69, 9.17) is 5.11 Å². The molecule has 1 heterocycles. The molecule has 0 saturated carbocycles. The summed E-state index contributed by atoms with van der Waals surface area (Å²) in [5.41, 5.74) is 1.80. The van der Waals surface area contributed by atoms with Gasteiger partial charge in [0.15, 0.2) is 0 Å². The molecule has 1 fully saturated rings. The molecule has 1 saturated heterocycles. The average molecular weight is 355 g/mol. The molecule has 114 valence electrons. The molecular formula is C15H19BrN2O3. The molecule has 1 aromatic carbocycles. The van der Waals surface area contributed by atoms with Crippen LogP contribution in [0.3, 0.4) is 0 Å². The zero-order valence-electron chi connectivity index (χ0n) is 12.1. The molecule has 2 rings (SSSR count). The number of anilines is 1. The largest absolute Gasteiger partial charge is 0.481 e. The number of rotatable bonds is 5. The Bertz CT molecular complexity index is 556. The summed E-state index contributed by atoms with van der Waals surface area (Å²) in [7, 11) is 0. The second kappa shape index (κ2) is 6.58. The first kappa shape index (κ1) is 16.0. The number of hydrogen-bond acceptors (Lipinski definition) is 3. The Morgan fingerprint density at radius 1 is 1.48 bits per heavy atom. The monoisotopic (exact) mass is 354 g/mol. The number of carbonyl (C=O) groups excluding carboxylic acids is 1. The van der Waals surface area contributed by atoms with E-state index in [0.29, 0.717) is 19.6 Å². The van der Waals surface area contributed by atoms with Gasteiger partial charge in [-0.3, -0.25) is 14.5 Å². The summed E-state index contributed by atoms with van der Waals surface area (Å²) in [6, 6.07) is 5.70. The quantitative estimate of drug-likeness (QED) is 0.851. The Balaban J connectivity index is 1.80. The van der Waals surface area contributed by atoms with E-state index < -0.39 is 5.97 Å². The highest BCUT2D eigenvalue weighted by Gasteiger charge is 2.35. The molecule has 1 aliphatic heterocycles. The minimum Gasteiger partial charge on any atom is -0.481 e. The minimum atomic E-state index is -0.769. The highest BCUT2D eigenvalue weighted by Crippen LogP contribution is 2.24. The summed E-state index contributed by atoms with van der Waals surface area (Å²) < 4.78 is 0.978. The lowest BCUT2D eigenvalue weighted by Crippen LogP contribution is -2.53. The minimum absolute atomic E-state index is 0.0677. The lowest BCUT2D eigenvalue weighted by Gasteiger charge is -2.40. The first-order valence-electron chi connectivity index (χ1n) is 6.88. The molecule has 21 heavy (non-hydrogen) atoms. The zero-order chi connectivity index (χ0) is 15.6. The topological polar surface area (TPSA) is 69.6 Å². The third-order valence-corrected chi connectivity index (χ3v) is 4.41. The predicted octanol–water partition coefficient (Wildman–Crippen LogP) is 2.35. The Morgan fingerprint density at radius 3 is 2.71 bits per heavy atom. The van der Waals surface area contributed by atoms with Crippen molar-refractivity contribution < 1.29 is 14.7 Å². The summed E-state index contributed by atoms with van der Waals surface area (Å²) in [5.74, 6) is -1.04. The normalized spacial score (nSPS) is 17.1. The second-order valence-electron chi connectivity index (χ2n) is 5.59. The van der Waals surface area contributed by atoms with Gasteiger partial charge in [0.05, 0.1) is 12.5 Å². The Morgan fingerprint density at radius 2 is 2.14 bits per heavy atom. The summed E-state index contributed by atoms with van der Waals surface area (Å²) in [4.78, 5) is 24.8. The van der Waals surface area contributed by atoms with Crippen molar-refractivity contribution in [1.82, 2.24) is 4.90 Å². The fourth-order valence-corrected chi connectivity index (χ4v) is 2.89. The van der Waals surface area contributed by atoms with Gasteiger partial charge in [0.25, 0.3) is 0 Å². The van der Waals surface area contributed by atoms with Gasteiger partial charge in [0, 0.05) is 23.2 Å². The summed E-state index contributed by atoms with van der Waals surface area (Å²) in [6.45, 7) is 5.29. The van der Waals surface area contributed by atoms with Crippen LogP contribution in [0.15, 0.2) is 22.7 Å². The lowest BCUT2D eigenvalue weighted by atomic mass is 9.87. The van der Waals surface area contributed by atoms with Crippen molar-refractivity contribution in [3.05, 3.63) is 28.2 Å². The van der Waals surface area contributed by atoms with E-state index in [1.165, 1.54) is 0 Å². The highest BCUT2D eigenvalue weighted by molar-refractivity contribution is 9.10. The average Bonchev–Trinajstić information content (AvgIpc) is 2.36. The van der Waals surface area contributed by atoms with Gasteiger partial charge < -0.3 is 10.4 Å². The van der Waals surface area contributed by atoms with Crippen molar-refractivity contribution >= 4 is 33.5 Å². The van der Waals surface area contributed by atoms with Crippen molar-refractivity contribution in [2.75, 3.05) is 25.0 Å². The number of likely N-dealkylation sites (tertiary alicyclic amines) is 1. The molecule has 0 spiro atoms. The van der Waals surface area contributed by atoms with Crippen LogP contribution in [-0.2, 0) is 9.59 Å². The molecule has 0 radical (unpaired) electrons. The molecule has 2 N–H and O–H groups in total. The molecule has 0 aromatic heterocycles. The highest BCUT2D eigenvalue weighted by atomic mass is 79.9. The number of carbonyl (C=O) groups is 2. The molecular weight excluding hydrogens is 336 g/mol. The molecule has 1 unspecified atom stereocenters. The van der Waals surface area contributed by atoms with Crippen LogP contribution in [0.2, 0.25) is 0 Å². The molecule has 6 heteroatoms. The van der Waals surface area contributed by atoms with Crippen molar-refractivity contribution in [2.45, 2.75) is 13.8 Å². The van der Waals surface area contributed by atoms with Crippen molar-refractivity contribution in [1.29, 1.82) is 0 Å². The van der Waals surface area contributed by atoms with Gasteiger partial charge in [-0.05, 0) is 36.6 Å². The fourth-order valence-electron chi connectivity index (χ4n) is 2.42. The molecule has 5 nitrogen and oxygen atoms in total. The third kappa shape index (κ3) is 4.04. The number of halogens is 1. The summed E-state index contributed by atoms with van der Waals surface area (Å²) >= 11 is 3.39. The molecule has 1 aromatic rings. The maximum atomic E-state index is 12.0. The molecule has 0 bridgehead atoms. The van der Waals surface area contributed by atoms with Crippen LogP contribution in [0.4, 0.5) is 5.69 Å². The number of carboxylic acids is 1. The number of nitrogens with one attached hydrogen (secondary N) is 1. The van der Waals surface area contributed by atoms with Crippen molar-refractivity contribution in [2.24, 2.45) is 11.8 Å². The van der Waals surface area contributed by atoms with Crippen LogP contribution in [0.5, 0.6) is 0 Å². The predicted molar refractivity (Wildman–Crippen MR) is 84.2 cm³/mol. The van der Waals surface area contributed by atoms with Gasteiger partial charge in [-0.25, -0.2) is 0 Å². The fraction of sp³-hybridized carbons (Fsp3) is 0.467. The van der Waals surface area contributed by atoms with Crippen LogP contribution < -0.4 is 5.32 Å². The van der Waals surface area contributed by atoms with E-state index in [-0.39, 0.29) is 17.7 Å². The van der Waals surface area contributed by atoms with Crippen LogP contribution in [0, 0.1) is 18.8 Å². The number of hydrogen-bond donors (Lipinski definition) is 2. The SMILES string of the molecule is Cc1cc(Br)ccc1NC(=O)CN1CC(C(C)C(=O)O)C1. The summed E-state index contributed by atoms with van der Waals surface area (Å²) in [6.07, 6.45) is 0. The van der Waals surface area contributed by atoms with Gasteiger partial charge in [-0.1, -0.05) is 22.9 Å². The summed E-state index contributed by atoms with van der Waals surface area (Å²) in [5, 5.41) is 11.8. The van der Waals surface area contributed by atoms with E-state index in [9.17, 15) is 9.59 Å². The Labute approximate surface area is 132 Å². The van der Waals surface area contributed by atoms with Gasteiger partial charge in [-0.15, -0.1) is 0 Å².